The fourth-order valence-electron chi connectivity index (χ4n) is 1.94. The van der Waals surface area contributed by atoms with Crippen molar-refractivity contribution in [2.45, 2.75) is 19.9 Å². The van der Waals surface area contributed by atoms with Crippen LogP contribution in [0.4, 0.5) is 0 Å². The van der Waals surface area contributed by atoms with Crippen LogP contribution < -0.4 is 5.32 Å². The van der Waals surface area contributed by atoms with Crippen LogP contribution in [-0.2, 0) is 4.74 Å². The van der Waals surface area contributed by atoms with Crippen LogP contribution in [-0.4, -0.2) is 25.8 Å². The van der Waals surface area contributed by atoms with Gasteiger partial charge in [0, 0.05) is 12.6 Å². The van der Waals surface area contributed by atoms with Crippen molar-refractivity contribution in [2.24, 2.45) is 0 Å². The molecule has 1 atom stereocenters. The Balaban J connectivity index is 2.04. The zero-order valence-corrected chi connectivity index (χ0v) is 9.99. The molecule has 1 fully saturated rings. The molecule has 0 aliphatic carbocycles. The predicted octanol–water partition coefficient (Wildman–Crippen LogP) is 2.31. The van der Waals surface area contributed by atoms with E-state index >= 15 is 0 Å². The number of benzene rings is 1. The van der Waals surface area contributed by atoms with Gasteiger partial charge >= 0.3 is 0 Å². The largest absolute Gasteiger partial charge is 0.378 e. The predicted molar refractivity (Wildman–Crippen MR) is 67.6 cm³/mol. The monoisotopic (exact) mass is 217 g/mol. The Morgan fingerprint density at radius 1 is 1.38 bits per heavy atom. The lowest BCUT2D eigenvalue weighted by Crippen LogP contribution is -2.39. The molecule has 1 aliphatic heterocycles. The molecule has 0 saturated carbocycles. The minimum atomic E-state index is 0.356. The van der Waals surface area contributed by atoms with Crippen LogP contribution in [0, 0.1) is 13.8 Å². The molecule has 0 aromatic heterocycles. The first kappa shape index (κ1) is 11.4. The number of nitrogens with one attached hydrogen (secondary N) is 1. The summed E-state index contributed by atoms with van der Waals surface area (Å²) in [5.41, 5.74) is 3.93. The van der Waals surface area contributed by atoms with E-state index in [1.165, 1.54) is 16.7 Å². The summed E-state index contributed by atoms with van der Waals surface area (Å²) in [4.78, 5) is 0. The smallest absolute Gasteiger partial charge is 0.0656 e. The van der Waals surface area contributed by atoms with Crippen LogP contribution in [0.2, 0.25) is 0 Å². The summed E-state index contributed by atoms with van der Waals surface area (Å²) >= 11 is 0. The van der Waals surface area contributed by atoms with Crippen LogP contribution in [0.15, 0.2) is 24.3 Å². The molecule has 0 spiro atoms. The zero-order valence-electron chi connectivity index (χ0n) is 9.99. The molecule has 16 heavy (non-hydrogen) atoms. The Morgan fingerprint density at radius 2 is 2.25 bits per heavy atom. The lowest BCUT2D eigenvalue weighted by Gasteiger charge is -2.20. The second-order valence-electron chi connectivity index (χ2n) is 4.35. The number of rotatable bonds is 2. The number of hydrogen-bond acceptors (Lipinski definition) is 2. The van der Waals surface area contributed by atoms with Crippen molar-refractivity contribution in [1.29, 1.82) is 0 Å². The Kier molecular flexibility index (Phi) is 3.75. The van der Waals surface area contributed by atoms with Gasteiger partial charge < -0.3 is 10.1 Å². The molecule has 0 radical (unpaired) electrons. The molecule has 0 bridgehead atoms. The third kappa shape index (κ3) is 2.94. The summed E-state index contributed by atoms with van der Waals surface area (Å²) in [5, 5.41) is 3.41. The number of aryl methyl sites for hydroxylation is 2. The Hall–Kier alpha value is -1.12. The standard InChI is InChI=1S/C14H19NO/c1-11-3-4-13(12(2)9-11)5-6-14-10-16-8-7-15-14/h3-6,9,14-15H,7-8,10H2,1-2H3/b6-5+. The van der Waals surface area contributed by atoms with Crippen molar-refractivity contribution in [1.82, 2.24) is 5.32 Å². The second-order valence-corrected chi connectivity index (χ2v) is 4.35. The van der Waals surface area contributed by atoms with E-state index in [-0.39, 0.29) is 0 Å². The Bertz CT molecular complexity index is 378. The van der Waals surface area contributed by atoms with Gasteiger partial charge in [-0.25, -0.2) is 0 Å². The molecule has 1 unspecified atom stereocenters. The second kappa shape index (κ2) is 5.28. The van der Waals surface area contributed by atoms with Gasteiger partial charge in [-0.3, -0.25) is 0 Å². The molecular weight excluding hydrogens is 198 g/mol. The van der Waals surface area contributed by atoms with E-state index in [0.29, 0.717) is 6.04 Å². The number of ether oxygens (including phenoxy) is 1. The molecular formula is C14H19NO. The topological polar surface area (TPSA) is 21.3 Å². The van der Waals surface area contributed by atoms with Gasteiger partial charge in [0.25, 0.3) is 0 Å². The van der Waals surface area contributed by atoms with Gasteiger partial charge in [-0.15, -0.1) is 0 Å². The minimum absolute atomic E-state index is 0.356. The van der Waals surface area contributed by atoms with Gasteiger partial charge in [0.2, 0.25) is 0 Å². The van der Waals surface area contributed by atoms with Crippen LogP contribution in [0.1, 0.15) is 16.7 Å². The third-order valence-corrected chi connectivity index (χ3v) is 2.88. The average molecular weight is 217 g/mol. The summed E-state index contributed by atoms with van der Waals surface area (Å²) in [7, 11) is 0. The highest BCUT2D eigenvalue weighted by atomic mass is 16.5. The first-order valence-corrected chi connectivity index (χ1v) is 5.82. The van der Waals surface area contributed by atoms with E-state index in [1.807, 2.05) is 0 Å². The molecule has 1 saturated heterocycles. The highest BCUT2D eigenvalue weighted by molar-refractivity contribution is 5.54. The van der Waals surface area contributed by atoms with Gasteiger partial charge in [0.15, 0.2) is 0 Å². The van der Waals surface area contributed by atoms with E-state index in [1.54, 1.807) is 0 Å². The van der Waals surface area contributed by atoms with Crippen LogP contribution >= 0.6 is 0 Å². The number of hydrogen-bond donors (Lipinski definition) is 1. The lowest BCUT2D eigenvalue weighted by atomic mass is 10.0. The van der Waals surface area contributed by atoms with Gasteiger partial charge in [0.1, 0.15) is 0 Å². The summed E-state index contributed by atoms with van der Waals surface area (Å²) in [5.74, 6) is 0. The highest BCUT2D eigenvalue weighted by Gasteiger charge is 2.08. The first-order chi connectivity index (χ1) is 7.75. The van der Waals surface area contributed by atoms with Crippen molar-refractivity contribution in [3.63, 3.8) is 0 Å². The lowest BCUT2D eigenvalue weighted by molar-refractivity contribution is 0.0903. The van der Waals surface area contributed by atoms with Crippen molar-refractivity contribution >= 4 is 6.08 Å². The third-order valence-electron chi connectivity index (χ3n) is 2.88. The molecule has 2 nitrogen and oxygen atoms in total. The fraction of sp³-hybridized carbons (Fsp3) is 0.429. The molecule has 1 aromatic rings. The summed E-state index contributed by atoms with van der Waals surface area (Å²) in [6.45, 7) is 6.83. The molecule has 2 rings (SSSR count). The van der Waals surface area contributed by atoms with Crippen molar-refractivity contribution in [2.75, 3.05) is 19.8 Å². The highest BCUT2D eigenvalue weighted by Crippen LogP contribution is 2.12. The summed E-state index contributed by atoms with van der Waals surface area (Å²) in [6.07, 6.45) is 4.37. The SMILES string of the molecule is Cc1ccc(/C=C/C2COCCN2)c(C)c1. The van der Waals surface area contributed by atoms with Crippen LogP contribution in [0.3, 0.4) is 0 Å². The molecule has 0 amide bonds. The Morgan fingerprint density at radius 3 is 2.94 bits per heavy atom. The summed E-state index contributed by atoms with van der Waals surface area (Å²) < 4.78 is 5.41. The van der Waals surface area contributed by atoms with Crippen LogP contribution in [0.5, 0.6) is 0 Å². The molecule has 1 aromatic carbocycles. The maximum Gasteiger partial charge on any atom is 0.0656 e. The van der Waals surface area contributed by atoms with Crippen LogP contribution in [0.25, 0.3) is 6.08 Å². The summed E-state index contributed by atoms with van der Waals surface area (Å²) in [6, 6.07) is 6.89. The maximum atomic E-state index is 5.41. The molecule has 2 heteroatoms. The molecule has 1 heterocycles. The van der Waals surface area contributed by atoms with E-state index in [4.69, 9.17) is 4.74 Å². The molecule has 86 valence electrons. The fourth-order valence-corrected chi connectivity index (χ4v) is 1.94. The van der Waals surface area contributed by atoms with E-state index in [0.717, 1.165) is 19.8 Å². The normalized spacial score (nSPS) is 21.5. The minimum Gasteiger partial charge on any atom is -0.378 e. The van der Waals surface area contributed by atoms with Crippen molar-refractivity contribution < 1.29 is 4.74 Å². The quantitative estimate of drug-likeness (QED) is 0.820. The maximum absolute atomic E-state index is 5.41. The van der Waals surface area contributed by atoms with Gasteiger partial charge in [-0.05, 0) is 25.0 Å². The molecule has 1 aliphatic rings. The zero-order chi connectivity index (χ0) is 11.4. The van der Waals surface area contributed by atoms with Crippen molar-refractivity contribution in [3.05, 3.63) is 41.0 Å². The van der Waals surface area contributed by atoms with Gasteiger partial charge in [0.05, 0.1) is 13.2 Å². The molecule has 1 N–H and O–H groups in total. The van der Waals surface area contributed by atoms with Crippen molar-refractivity contribution in [3.8, 4) is 0 Å². The Labute approximate surface area is 97.3 Å². The number of morpholine rings is 1. The van der Waals surface area contributed by atoms with E-state index in [2.05, 4.69) is 49.5 Å². The van der Waals surface area contributed by atoms with E-state index < -0.39 is 0 Å². The van der Waals surface area contributed by atoms with Gasteiger partial charge in [-0.2, -0.15) is 0 Å². The first-order valence-electron chi connectivity index (χ1n) is 5.82. The van der Waals surface area contributed by atoms with Gasteiger partial charge in [-0.1, -0.05) is 35.9 Å². The van der Waals surface area contributed by atoms with E-state index in [9.17, 15) is 0 Å². The average Bonchev–Trinajstić information content (AvgIpc) is 2.29.